The standard InChI is InChI=1S/C25H18F4O5/c1-31-19-10-7-14(11-21(19)32-2)22-23(30)17-9-8-16(12-20(17)34-24(22)25(27,28)29)33-13-15-5-3-4-6-18(15)26/h3-12H,13H2,1-2H3. The van der Waals surface area contributed by atoms with Crippen LogP contribution in [0.4, 0.5) is 17.6 Å². The molecule has 1 aromatic heterocycles. The summed E-state index contributed by atoms with van der Waals surface area (Å²) < 4.78 is 76.5. The topological polar surface area (TPSA) is 57.9 Å². The SMILES string of the molecule is COc1ccc(-c2c(C(F)(F)F)oc3cc(OCc4ccccc4F)ccc3c2=O)cc1OC. The lowest BCUT2D eigenvalue weighted by molar-refractivity contribution is -0.152. The fourth-order valence-corrected chi connectivity index (χ4v) is 3.49. The highest BCUT2D eigenvalue weighted by molar-refractivity contribution is 5.84. The van der Waals surface area contributed by atoms with Gasteiger partial charge in [0.05, 0.1) is 25.2 Å². The summed E-state index contributed by atoms with van der Waals surface area (Å²) in [4.78, 5) is 13.2. The molecule has 9 heteroatoms. The lowest BCUT2D eigenvalue weighted by atomic mass is 10.0. The van der Waals surface area contributed by atoms with Crippen LogP contribution in [0.2, 0.25) is 0 Å². The Kier molecular flexibility index (Phi) is 6.19. The van der Waals surface area contributed by atoms with Crippen molar-refractivity contribution in [2.75, 3.05) is 14.2 Å². The lowest BCUT2D eigenvalue weighted by Gasteiger charge is -2.15. The molecule has 1 heterocycles. The molecule has 0 unspecified atom stereocenters. The second kappa shape index (κ2) is 9.09. The fraction of sp³-hybridized carbons (Fsp3) is 0.160. The van der Waals surface area contributed by atoms with Crippen molar-refractivity contribution in [3.63, 3.8) is 0 Å². The van der Waals surface area contributed by atoms with Crippen LogP contribution in [0.5, 0.6) is 17.2 Å². The van der Waals surface area contributed by atoms with E-state index in [9.17, 15) is 22.4 Å². The number of rotatable bonds is 6. The molecule has 0 aliphatic heterocycles. The summed E-state index contributed by atoms with van der Waals surface area (Å²) in [6.07, 6.45) is -4.96. The Morgan fingerprint density at radius 3 is 2.32 bits per heavy atom. The first-order valence-electron chi connectivity index (χ1n) is 9.99. The van der Waals surface area contributed by atoms with Crippen LogP contribution in [-0.4, -0.2) is 14.2 Å². The molecule has 4 rings (SSSR count). The Morgan fingerprint density at radius 1 is 0.912 bits per heavy atom. The minimum absolute atomic E-state index is 0.0412. The van der Waals surface area contributed by atoms with Crippen LogP contribution in [0.25, 0.3) is 22.1 Å². The predicted molar refractivity (Wildman–Crippen MR) is 117 cm³/mol. The molecule has 5 nitrogen and oxygen atoms in total. The Hall–Kier alpha value is -4.01. The molecule has 3 aromatic carbocycles. The van der Waals surface area contributed by atoms with Crippen LogP contribution in [-0.2, 0) is 12.8 Å². The van der Waals surface area contributed by atoms with Crippen molar-refractivity contribution in [3.05, 3.63) is 88.0 Å². The molecule has 0 amide bonds. The Balaban J connectivity index is 1.82. The van der Waals surface area contributed by atoms with Crippen LogP contribution in [0.1, 0.15) is 11.3 Å². The summed E-state index contributed by atoms with van der Waals surface area (Å²) >= 11 is 0. The zero-order valence-electron chi connectivity index (χ0n) is 18.0. The van der Waals surface area contributed by atoms with E-state index in [-0.39, 0.29) is 40.2 Å². The van der Waals surface area contributed by atoms with E-state index in [1.54, 1.807) is 6.07 Å². The van der Waals surface area contributed by atoms with Crippen molar-refractivity contribution in [3.8, 4) is 28.4 Å². The second-order valence-corrected chi connectivity index (χ2v) is 7.24. The molecule has 0 N–H and O–H groups in total. The molecule has 0 aliphatic rings. The first-order chi connectivity index (χ1) is 16.2. The normalized spacial score (nSPS) is 11.5. The number of hydrogen-bond acceptors (Lipinski definition) is 5. The molecule has 0 radical (unpaired) electrons. The van der Waals surface area contributed by atoms with E-state index < -0.39 is 28.7 Å². The number of halogens is 4. The summed E-state index contributed by atoms with van der Waals surface area (Å²) in [5.41, 5.74) is -1.61. The summed E-state index contributed by atoms with van der Waals surface area (Å²) in [5, 5.41) is -0.0731. The molecule has 0 saturated heterocycles. The highest BCUT2D eigenvalue weighted by atomic mass is 19.4. The Bertz CT molecular complexity index is 1410. The van der Waals surface area contributed by atoms with Crippen LogP contribution < -0.4 is 19.6 Å². The third-order valence-electron chi connectivity index (χ3n) is 5.15. The number of ether oxygens (including phenoxy) is 3. The van der Waals surface area contributed by atoms with Crippen molar-refractivity contribution in [1.82, 2.24) is 0 Å². The largest absolute Gasteiger partial charge is 0.493 e. The van der Waals surface area contributed by atoms with Gasteiger partial charge in [0.1, 0.15) is 23.8 Å². The number of fused-ring (bicyclic) bond motifs is 1. The van der Waals surface area contributed by atoms with Crippen molar-refractivity contribution >= 4 is 11.0 Å². The van der Waals surface area contributed by atoms with Crippen LogP contribution >= 0.6 is 0 Å². The van der Waals surface area contributed by atoms with E-state index in [2.05, 4.69) is 0 Å². The molecular formula is C25H18F4O5. The third kappa shape index (κ3) is 4.41. The van der Waals surface area contributed by atoms with Crippen LogP contribution in [0.15, 0.2) is 69.9 Å². The van der Waals surface area contributed by atoms with Crippen molar-refractivity contribution in [2.24, 2.45) is 0 Å². The van der Waals surface area contributed by atoms with Gasteiger partial charge in [-0.3, -0.25) is 4.79 Å². The van der Waals surface area contributed by atoms with Gasteiger partial charge in [-0.1, -0.05) is 24.3 Å². The fourth-order valence-electron chi connectivity index (χ4n) is 3.49. The molecule has 0 spiro atoms. The Morgan fingerprint density at radius 2 is 1.65 bits per heavy atom. The molecule has 0 saturated carbocycles. The van der Waals surface area contributed by atoms with E-state index >= 15 is 0 Å². The maximum Gasteiger partial charge on any atom is 0.450 e. The molecular weight excluding hydrogens is 456 g/mol. The first kappa shape index (κ1) is 23.2. The molecule has 4 aromatic rings. The van der Waals surface area contributed by atoms with Gasteiger partial charge >= 0.3 is 6.18 Å². The summed E-state index contributed by atoms with van der Waals surface area (Å²) in [6.45, 7) is -0.154. The number of methoxy groups -OCH3 is 2. The molecule has 0 fully saturated rings. The summed E-state index contributed by atoms with van der Waals surface area (Å²) in [5.74, 6) is -1.37. The van der Waals surface area contributed by atoms with Gasteiger partial charge in [0.25, 0.3) is 0 Å². The zero-order chi connectivity index (χ0) is 24.5. The first-order valence-corrected chi connectivity index (χ1v) is 9.99. The molecule has 0 atom stereocenters. The average Bonchev–Trinajstić information content (AvgIpc) is 2.82. The predicted octanol–water partition coefficient (Wildman–Crippen LogP) is 6.21. The Labute approximate surface area is 191 Å². The maximum atomic E-state index is 13.9. The van der Waals surface area contributed by atoms with Gasteiger partial charge in [0, 0.05) is 11.6 Å². The highest BCUT2D eigenvalue weighted by Crippen LogP contribution is 2.40. The van der Waals surface area contributed by atoms with Gasteiger partial charge in [-0.25, -0.2) is 4.39 Å². The smallest absolute Gasteiger partial charge is 0.450 e. The van der Waals surface area contributed by atoms with E-state index in [1.807, 2.05) is 0 Å². The van der Waals surface area contributed by atoms with Crippen LogP contribution in [0, 0.1) is 5.82 Å². The van der Waals surface area contributed by atoms with Crippen molar-refractivity contribution in [2.45, 2.75) is 12.8 Å². The minimum atomic E-state index is -4.96. The molecule has 176 valence electrons. The van der Waals surface area contributed by atoms with Crippen LogP contribution in [0.3, 0.4) is 0 Å². The lowest BCUT2D eigenvalue weighted by Crippen LogP contribution is -2.16. The van der Waals surface area contributed by atoms with E-state index in [0.29, 0.717) is 5.75 Å². The number of alkyl halides is 3. The van der Waals surface area contributed by atoms with E-state index in [1.165, 1.54) is 68.8 Å². The van der Waals surface area contributed by atoms with Gasteiger partial charge in [-0.15, -0.1) is 0 Å². The number of hydrogen-bond donors (Lipinski definition) is 0. The summed E-state index contributed by atoms with van der Waals surface area (Å²) in [7, 11) is 2.72. The highest BCUT2D eigenvalue weighted by Gasteiger charge is 2.39. The van der Waals surface area contributed by atoms with E-state index in [4.69, 9.17) is 18.6 Å². The van der Waals surface area contributed by atoms with Crippen molar-refractivity contribution < 1.29 is 36.2 Å². The quantitative estimate of drug-likeness (QED) is 0.311. The molecule has 34 heavy (non-hydrogen) atoms. The summed E-state index contributed by atoms with van der Waals surface area (Å²) in [6, 6.07) is 13.8. The van der Waals surface area contributed by atoms with Gasteiger partial charge in [-0.2, -0.15) is 13.2 Å². The number of benzene rings is 3. The van der Waals surface area contributed by atoms with Gasteiger partial charge < -0.3 is 18.6 Å². The monoisotopic (exact) mass is 474 g/mol. The second-order valence-electron chi connectivity index (χ2n) is 7.24. The molecule has 0 aliphatic carbocycles. The zero-order valence-corrected chi connectivity index (χ0v) is 18.0. The third-order valence-corrected chi connectivity index (χ3v) is 5.15. The minimum Gasteiger partial charge on any atom is -0.493 e. The van der Waals surface area contributed by atoms with Crippen molar-refractivity contribution in [1.29, 1.82) is 0 Å². The average molecular weight is 474 g/mol. The van der Waals surface area contributed by atoms with E-state index in [0.717, 1.165) is 0 Å². The van der Waals surface area contributed by atoms with Gasteiger partial charge in [0.2, 0.25) is 11.2 Å². The van der Waals surface area contributed by atoms with Gasteiger partial charge in [0.15, 0.2) is 11.5 Å². The maximum absolute atomic E-state index is 13.9. The van der Waals surface area contributed by atoms with Gasteiger partial charge in [-0.05, 0) is 35.9 Å². The molecule has 0 bridgehead atoms.